The number of nitrogens with one attached hydrogen (secondary N) is 2. The largest absolute Gasteiger partial charge is 0.494 e. The molecule has 0 unspecified atom stereocenters. The monoisotopic (exact) mass is 515 g/mol. The Bertz CT molecular complexity index is 1380. The second kappa shape index (κ2) is 12.2. The van der Waals surface area contributed by atoms with Crippen molar-refractivity contribution < 1.29 is 14.3 Å². The van der Waals surface area contributed by atoms with Crippen molar-refractivity contribution in [1.82, 2.24) is 20.1 Å². The van der Waals surface area contributed by atoms with Crippen LogP contribution in [0.2, 0.25) is 0 Å². The van der Waals surface area contributed by atoms with Crippen LogP contribution in [0.3, 0.4) is 0 Å². The lowest BCUT2D eigenvalue weighted by atomic mass is 10.1. The van der Waals surface area contributed by atoms with Crippen LogP contribution in [-0.2, 0) is 11.3 Å². The summed E-state index contributed by atoms with van der Waals surface area (Å²) in [5.74, 6) is 1.12. The van der Waals surface area contributed by atoms with E-state index in [9.17, 15) is 9.59 Å². The Morgan fingerprint density at radius 2 is 1.68 bits per heavy atom. The van der Waals surface area contributed by atoms with Gasteiger partial charge in [0.1, 0.15) is 5.75 Å². The third-order valence-corrected chi connectivity index (χ3v) is 6.36. The highest BCUT2D eigenvalue weighted by Gasteiger charge is 2.17. The Labute approximate surface area is 220 Å². The summed E-state index contributed by atoms with van der Waals surface area (Å²) >= 11 is 1.28. The summed E-state index contributed by atoms with van der Waals surface area (Å²) in [4.78, 5) is 25.3. The number of ether oxygens (including phenoxy) is 1. The van der Waals surface area contributed by atoms with Gasteiger partial charge in [-0.3, -0.25) is 14.2 Å². The summed E-state index contributed by atoms with van der Waals surface area (Å²) < 4.78 is 7.31. The summed E-state index contributed by atoms with van der Waals surface area (Å²) in [6, 6.07) is 22.6. The van der Waals surface area contributed by atoms with Crippen molar-refractivity contribution in [2.45, 2.75) is 32.5 Å². The molecule has 0 radical (unpaired) electrons. The predicted molar refractivity (Wildman–Crippen MR) is 145 cm³/mol. The van der Waals surface area contributed by atoms with Gasteiger partial charge in [-0.2, -0.15) is 0 Å². The SMILES string of the molecule is CCOc1ccc(NC(=O)CSc2nnc(CNC(=O)c3cccc(C)c3)n2-c2cccc(C)c2)cc1. The van der Waals surface area contributed by atoms with Gasteiger partial charge < -0.3 is 15.4 Å². The fraction of sp³-hybridized carbons (Fsp3) is 0.214. The van der Waals surface area contributed by atoms with Crippen molar-refractivity contribution in [1.29, 1.82) is 0 Å². The normalized spacial score (nSPS) is 10.7. The molecule has 37 heavy (non-hydrogen) atoms. The molecule has 0 bridgehead atoms. The van der Waals surface area contributed by atoms with Gasteiger partial charge in [-0.15, -0.1) is 10.2 Å². The molecule has 4 aromatic rings. The molecule has 0 saturated carbocycles. The van der Waals surface area contributed by atoms with Crippen LogP contribution in [0.4, 0.5) is 5.69 Å². The smallest absolute Gasteiger partial charge is 0.251 e. The minimum Gasteiger partial charge on any atom is -0.494 e. The summed E-state index contributed by atoms with van der Waals surface area (Å²) in [6.45, 7) is 6.64. The lowest BCUT2D eigenvalue weighted by Crippen LogP contribution is -2.24. The van der Waals surface area contributed by atoms with E-state index in [-0.39, 0.29) is 24.1 Å². The van der Waals surface area contributed by atoms with Gasteiger partial charge in [0.25, 0.3) is 5.91 Å². The van der Waals surface area contributed by atoms with Crippen molar-refractivity contribution in [2.75, 3.05) is 17.7 Å². The minimum absolute atomic E-state index is 0.146. The molecule has 2 amide bonds. The van der Waals surface area contributed by atoms with Crippen molar-refractivity contribution >= 4 is 29.3 Å². The fourth-order valence-corrected chi connectivity index (χ4v) is 4.48. The molecule has 0 saturated heterocycles. The molecule has 0 spiro atoms. The zero-order valence-corrected chi connectivity index (χ0v) is 21.8. The third kappa shape index (κ3) is 6.98. The Balaban J connectivity index is 1.47. The van der Waals surface area contributed by atoms with E-state index < -0.39 is 0 Å². The van der Waals surface area contributed by atoms with E-state index in [1.165, 1.54) is 11.8 Å². The number of thioether (sulfide) groups is 1. The molecule has 0 aliphatic carbocycles. The molecule has 8 nitrogen and oxygen atoms in total. The van der Waals surface area contributed by atoms with Crippen LogP contribution in [0, 0.1) is 13.8 Å². The van der Waals surface area contributed by atoms with Crippen molar-refractivity contribution in [2.24, 2.45) is 0 Å². The first-order valence-electron chi connectivity index (χ1n) is 11.9. The Hall–Kier alpha value is -4.11. The molecule has 190 valence electrons. The number of hydrogen-bond acceptors (Lipinski definition) is 6. The Morgan fingerprint density at radius 3 is 2.38 bits per heavy atom. The van der Waals surface area contributed by atoms with Gasteiger partial charge in [0.2, 0.25) is 5.91 Å². The topological polar surface area (TPSA) is 98.1 Å². The van der Waals surface area contributed by atoms with E-state index in [2.05, 4.69) is 20.8 Å². The lowest BCUT2D eigenvalue weighted by Gasteiger charge is -2.12. The molecule has 0 aliphatic rings. The maximum Gasteiger partial charge on any atom is 0.251 e. The number of nitrogens with zero attached hydrogens (tertiary/aromatic N) is 3. The zero-order valence-electron chi connectivity index (χ0n) is 21.0. The molecule has 0 fully saturated rings. The van der Waals surface area contributed by atoms with Gasteiger partial charge in [0.05, 0.1) is 18.9 Å². The van der Waals surface area contributed by atoms with Gasteiger partial charge in [-0.25, -0.2) is 0 Å². The Kier molecular flexibility index (Phi) is 8.58. The number of aryl methyl sites for hydroxylation is 2. The van der Waals surface area contributed by atoms with Crippen LogP contribution in [-0.4, -0.2) is 38.9 Å². The molecular weight excluding hydrogens is 486 g/mol. The first-order valence-corrected chi connectivity index (χ1v) is 12.9. The maximum absolute atomic E-state index is 12.7. The number of aromatic nitrogens is 3. The van der Waals surface area contributed by atoms with Crippen molar-refractivity contribution in [3.05, 3.63) is 95.3 Å². The minimum atomic E-state index is -0.188. The average Bonchev–Trinajstić information content (AvgIpc) is 3.30. The number of carbonyl (C=O) groups is 2. The van der Waals surface area contributed by atoms with E-state index in [0.29, 0.717) is 28.8 Å². The summed E-state index contributed by atoms with van der Waals surface area (Å²) in [6.07, 6.45) is 0. The number of anilines is 1. The average molecular weight is 516 g/mol. The second-order valence-electron chi connectivity index (χ2n) is 8.42. The van der Waals surface area contributed by atoms with Gasteiger partial charge in [-0.05, 0) is 74.9 Å². The second-order valence-corrected chi connectivity index (χ2v) is 9.36. The number of carbonyl (C=O) groups excluding carboxylic acids is 2. The number of benzene rings is 3. The van der Waals surface area contributed by atoms with E-state index in [0.717, 1.165) is 22.6 Å². The molecule has 0 atom stereocenters. The quantitative estimate of drug-likeness (QED) is 0.290. The van der Waals surface area contributed by atoms with Crippen molar-refractivity contribution in [3.8, 4) is 11.4 Å². The molecule has 9 heteroatoms. The van der Waals surface area contributed by atoms with E-state index in [1.807, 2.05) is 79.9 Å². The zero-order chi connectivity index (χ0) is 26.2. The first-order chi connectivity index (χ1) is 17.9. The predicted octanol–water partition coefficient (Wildman–Crippen LogP) is 4.94. The molecular formula is C28H29N5O3S. The van der Waals surface area contributed by atoms with E-state index in [4.69, 9.17) is 4.74 Å². The molecule has 3 aromatic carbocycles. The summed E-state index contributed by atoms with van der Waals surface area (Å²) in [5.41, 5.74) is 4.22. The highest BCUT2D eigenvalue weighted by molar-refractivity contribution is 7.99. The summed E-state index contributed by atoms with van der Waals surface area (Å²) in [7, 11) is 0. The first kappa shape index (κ1) is 26.0. The molecule has 0 aliphatic heterocycles. The molecule has 2 N–H and O–H groups in total. The highest BCUT2D eigenvalue weighted by atomic mass is 32.2. The standard InChI is InChI=1S/C28H29N5O3S/c1-4-36-24-13-11-22(12-14-24)30-26(34)18-37-28-32-31-25(33(28)23-10-6-8-20(3)16-23)17-29-27(35)21-9-5-7-19(2)15-21/h5-16H,4,17-18H2,1-3H3,(H,29,35)(H,30,34). The highest BCUT2D eigenvalue weighted by Crippen LogP contribution is 2.23. The van der Waals surface area contributed by atoms with Crippen LogP contribution >= 0.6 is 11.8 Å². The van der Waals surface area contributed by atoms with Gasteiger partial charge in [0, 0.05) is 16.9 Å². The third-order valence-electron chi connectivity index (χ3n) is 5.43. The van der Waals surface area contributed by atoms with Crippen molar-refractivity contribution in [3.63, 3.8) is 0 Å². The summed E-state index contributed by atoms with van der Waals surface area (Å²) in [5, 5.41) is 15.0. The number of amides is 2. The van der Waals surface area contributed by atoms with Crippen LogP contribution < -0.4 is 15.4 Å². The number of rotatable bonds is 10. The van der Waals surface area contributed by atoms with Crippen LogP contribution in [0.15, 0.2) is 78.0 Å². The maximum atomic E-state index is 12.7. The number of hydrogen-bond donors (Lipinski definition) is 2. The van der Waals surface area contributed by atoms with E-state index in [1.54, 1.807) is 18.2 Å². The van der Waals surface area contributed by atoms with E-state index >= 15 is 0 Å². The molecule has 1 heterocycles. The van der Waals surface area contributed by atoms with Crippen LogP contribution in [0.5, 0.6) is 5.75 Å². The Morgan fingerprint density at radius 1 is 0.946 bits per heavy atom. The van der Waals surface area contributed by atoms with Gasteiger partial charge in [0.15, 0.2) is 11.0 Å². The molecule has 1 aromatic heterocycles. The fourth-order valence-electron chi connectivity index (χ4n) is 3.71. The van der Waals surface area contributed by atoms with Gasteiger partial charge >= 0.3 is 0 Å². The van der Waals surface area contributed by atoms with Crippen LogP contribution in [0.25, 0.3) is 5.69 Å². The lowest BCUT2D eigenvalue weighted by molar-refractivity contribution is -0.113. The molecule has 4 rings (SSSR count). The van der Waals surface area contributed by atoms with Crippen LogP contribution in [0.1, 0.15) is 34.2 Å². The van der Waals surface area contributed by atoms with Gasteiger partial charge in [-0.1, -0.05) is 41.6 Å².